The van der Waals surface area contributed by atoms with Crippen LogP contribution in [0.25, 0.3) is 0 Å². The van der Waals surface area contributed by atoms with Crippen LogP contribution in [0.4, 0.5) is 0 Å². The van der Waals surface area contributed by atoms with Crippen LogP contribution in [0.15, 0.2) is 30.3 Å². The molecule has 0 aromatic heterocycles. The van der Waals surface area contributed by atoms with Crippen molar-refractivity contribution in [3.8, 4) is 0 Å². The van der Waals surface area contributed by atoms with Gasteiger partial charge in [0.2, 0.25) is 5.91 Å². The lowest BCUT2D eigenvalue weighted by atomic mass is 9.83. The van der Waals surface area contributed by atoms with Gasteiger partial charge in [-0.05, 0) is 38.8 Å². The summed E-state index contributed by atoms with van der Waals surface area (Å²) in [6, 6.07) is 9.17. The van der Waals surface area contributed by atoms with Gasteiger partial charge in [-0.3, -0.25) is 9.59 Å². The standard InChI is InChI=1S/C18H26N2O2/c1-3-20(4-2)18(22)15-12-8-9-13-16(15)19-17(21)14-10-6-5-7-11-14/h5-7,10-11,15-16H,3-4,8-9,12-13H2,1-2H3,(H,19,21)/t15-,16+/m1/s1. The van der Waals surface area contributed by atoms with Crippen molar-refractivity contribution in [1.82, 2.24) is 10.2 Å². The van der Waals surface area contributed by atoms with Crippen LogP contribution < -0.4 is 5.32 Å². The maximum absolute atomic E-state index is 12.7. The zero-order chi connectivity index (χ0) is 15.9. The molecule has 0 spiro atoms. The van der Waals surface area contributed by atoms with Gasteiger partial charge in [0.1, 0.15) is 0 Å². The van der Waals surface area contributed by atoms with Gasteiger partial charge in [0.25, 0.3) is 5.91 Å². The van der Waals surface area contributed by atoms with E-state index < -0.39 is 0 Å². The number of nitrogens with zero attached hydrogens (tertiary/aromatic N) is 1. The predicted molar refractivity (Wildman–Crippen MR) is 87.6 cm³/mol. The molecule has 2 rings (SSSR count). The number of rotatable bonds is 5. The number of benzene rings is 1. The number of nitrogens with one attached hydrogen (secondary N) is 1. The summed E-state index contributed by atoms with van der Waals surface area (Å²) in [4.78, 5) is 26.9. The molecule has 0 unspecified atom stereocenters. The number of carbonyl (C=O) groups is 2. The smallest absolute Gasteiger partial charge is 0.251 e. The lowest BCUT2D eigenvalue weighted by molar-refractivity contribution is -0.137. The first-order valence-corrected chi connectivity index (χ1v) is 8.32. The average molecular weight is 302 g/mol. The minimum atomic E-state index is -0.0821. The second kappa shape index (κ2) is 7.97. The molecule has 4 heteroatoms. The molecule has 1 aliphatic rings. The predicted octanol–water partition coefficient (Wildman–Crippen LogP) is 2.84. The summed E-state index contributed by atoms with van der Waals surface area (Å²) >= 11 is 0. The Kier molecular flexibility index (Phi) is 5.99. The van der Waals surface area contributed by atoms with E-state index in [4.69, 9.17) is 0 Å². The molecule has 0 radical (unpaired) electrons. The normalized spacial score (nSPS) is 21.2. The number of carbonyl (C=O) groups excluding carboxylic acids is 2. The molecule has 1 saturated carbocycles. The van der Waals surface area contributed by atoms with Gasteiger partial charge in [-0.25, -0.2) is 0 Å². The molecule has 4 nitrogen and oxygen atoms in total. The van der Waals surface area contributed by atoms with Gasteiger partial charge < -0.3 is 10.2 Å². The highest BCUT2D eigenvalue weighted by Crippen LogP contribution is 2.26. The maximum atomic E-state index is 12.7. The summed E-state index contributed by atoms with van der Waals surface area (Å²) in [6.45, 7) is 5.46. The van der Waals surface area contributed by atoms with E-state index in [1.165, 1.54) is 0 Å². The van der Waals surface area contributed by atoms with Crippen LogP contribution >= 0.6 is 0 Å². The molecule has 22 heavy (non-hydrogen) atoms. The summed E-state index contributed by atoms with van der Waals surface area (Å²) in [5, 5.41) is 3.08. The van der Waals surface area contributed by atoms with Crippen LogP contribution in [0.2, 0.25) is 0 Å². The maximum Gasteiger partial charge on any atom is 0.251 e. The van der Waals surface area contributed by atoms with Gasteiger partial charge >= 0.3 is 0 Å². The number of hydrogen-bond donors (Lipinski definition) is 1. The minimum absolute atomic E-state index is 0.0467. The molecule has 0 aliphatic heterocycles. The molecular weight excluding hydrogens is 276 g/mol. The van der Waals surface area contributed by atoms with Crippen molar-refractivity contribution >= 4 is 11.8 Å². The highest BCUT2D eigenvalue weighted by molar-refractivity contribution is 5.94. The van der Waals surface area contributed by atoms with Gasteiger partial charge in [-0.2, -0.15) is 0 Å². The van der Waals surface area contributed by atoms with E-state index in [0.717, 1.165) is 38.8 Å². The topological polar surface area (TPSA) is 49.4 Å². The number of amides is 2. The van der Waals surface area contributed by atoms with Gasteiger partial charge in [0, 0.05) is 24.7 Å². The van der Waals surface area contributed by atoms with Crippen molar-refractivity contribution in [3.05, 3.63) is 35.9 Å². The highest BCUT2D eigenvalue weighted by Gasteiger charge is 2.33. The van der Waals surface area contributed by atoms with Gasteiger partial charge in [0.15, 0.2) is 0 Å². The van der Waals surface area contributed by atoms with Crippen LogP contribution in [0, 0.1) is 5.92 Å². The molecule has 2 amide bonds. The van der Waals surface area contributed by atoms with Crippen LogP contribution in [-0.2, 0) is 4.79 Å². The third kappa shape index (κ3) is 3.87. The molecule has 0 saturated heterocycles. The Hall–Kier alpha value is -1.84. The summed E-state index contributed by atoms with van der Waals surface area (Å²) in [6.07, 6.45) is 3.89. The Morgan fingerprint density at radius 1 is 1.09 bits per heavy atom. The molecule has 1 aliphatic carbocycles. The van der Waals surface area contributed by atoms with E-state index >= 15 is 0 Å². The largest absolute Gasteiger partial charge is 0.349 e. The van der Waals surface area contributed by atoms with Crippen molar-refractivity contribution in [2.45, 2.75) is 45.6 Å². The average Bonchev–Trinajstić information content (AvgIpc) is 2.57. The minimum Gasteiger partial charge on any atom is -0.349 e. The van der Waals surface area contributed by atoms with E-state index in [0.29, 0.717) is 5.56 Å². The highest BCUT2D eigenvalue weighted by atomic mass is 16.2. The van der Waals surface area contributed by atoms with Crippen molar-refractivity contribution in [1.29, 1.82) is 0 Å². The lowest BCUT2D eigenvalue weighted by Crippen LogP contribution is -2.49. The molecule has 2 atom stereocenters. The third-order valence-corrected chi connectivity index (χ3v) is 4.51. The van der Waals surface area contributed by atoms with E-state index in [2.05, 4.69) is 5.32 Å². The van der Waals surface area contributed by atoms with E-state index in [-0.39, 0.29) is 23.8 Å². The molecule has 1 aromatic rings. The lowest BCUT2D eigenvalue weighted by Gasteiger charge is -2.34. The zero-order valence-electron chi connectivity index (χ0n) is 13.5. The van der Waals surface area contributed by atoms with Gasteiger partial charge in [-0.15, -0.1) is 0 Å². The molecule has 0 heterocycles. The van der Waals surface area contributed by atoms with Crippen LogP contribution in [-0.4, -0.2) is 35.8 Å². The molecule has 0 bridgehead atoms. The SMILES string of the molecule is CCN(CC)C(=O)[C@@H]1CCCC[C@@H]1NC(=O)c1ccccc1. The van der Waals surface area contributed by atoms with E-state index in [1.54, 1.807) is 12.1 Å². The first kappa shape index (κ1) is 16.5. The van der Waals surface area contributed by atoms with Crippen LogP contribution in [0.5, 0.6) is 0 Å². The van der Waals surface area contributed by atoms with Gasteiger partial charge in [-0.1, -0.05) is 31.0 Å². The fourth-order valence-corrected chi connectivity index (χ4v) is 3.21. The van der Waals surface area contributed by atoms with Crippen molar-refractivity contribution in [2.24, 2.45) is 5.92 Å². The van der Waals surface area contributed by atoms with Crippen LogP contribution in [0.3, 0.4) is 0 Å². The first-order chi connectivity index (χ1) is 10.7. The molecular formula is C18H26N2O2. The van der Waals surface area contributed by atoms with Crippen molar-refractivity contribution < 1.29 is 9.59 Å². The molecule has 1 fully saturated rings. The Balaban J connectivity index is 2.06. The molecule has 120 valence electrons. The number of hydrogen-bond acceptors (Lipinski definition) is 2. The monoisotopic (exact) mass is 302 g/mol. The van der Waals surface area contributed by atoms with Crippen molar-refractivity contribution in [2.75, 3.05) is 13.1 Å². The van der Waals surface area contributed by atoms with Crippen molar-refractivity contribution in [3.63, 3.8) is 0 Å². The fraction of sp³-hybridized carbons (Fsp3) is 0.556. The zero-order valence-corrected chi connectivity index (χ0v) is 13.5. The molecule has 1 N–H and O–H groups in total. The van der Waals surface area contributed by atoms with Gasteiger partial charge in [0.05, 0.1) is 5.92 Å². The van der Waals surface area contributed by atoms with E-state index in [9.17, 15) is 9.59 Å². The van der Waals surface area contributed by atoms with E-state index in [1.807, 2.05) is 36.9 Å². The third-order valence-electron chi connectivity index (χ3n) is 4.51. The quantitative estimate of drug-likeness (QED) is 0.909. The van der Waals surface area contributed by atoms with Crippen LogP contribution in [0.1, 0.15) is 49.9 Å². The Bertz CT molecular complexity index is 497. The second-order valence-corrected chi connectivity index (χ2v) is 5.85. The first-order valence-electron chi connectivity index (χ1n) is 8.32. The Morgan fingerprint density at radius 3 is 2.36 bits per heavy atom. The summed E-state index contributed by atoms with van der Waals surface area (Å²) < 4.78 is 0. The molecule has 1 aromatic carbocycles. The summed E-state index contributed by atoms with van der Waals surface area (Å²) in [5.41, 5.74) is 0.655. The Morgan fingerprint density at radius 2 is 1.73 bits per heavy atom. The Labute approximate surface area is 132 Å². The summed E-state index contributed by atoms with van der Waals surface area (Å²) in [5.74, 6) is 0.0224. The fourth-order valence-electron chi connectivity index (χ4n) is 3.21. The second-order valence-electron chi connectivity index (χ2n) is 5.85. The summed E-state index contributed by atoms with van der Waals surface area (Å²) in [7, 11) is 0.